The van der Waals surface area contributed by atoms with Crippen molar-refractivity contribution in [2.24, 2.45) is 0 Å². The van der Waals surface area contributed by atoms with E-state index in [4.69, 9.17) is 5.73 Å². The maximum absolute atomic E-state index is 5.72. The zero-order valence-corrected chi connectivity index (χ0v) is 15.4. The van der Waals surface area contributed by atoms with E-state index < -0.39 is 0 Å². The second kappa shape index (κ2) is 6.64. The van der Waals surface area contributed by atoms with Gasteiger partial charge in [-0.15, -0.1) is 0 Å². The maximum atomic E-state index is 5.72. The maximum Gasteiger partial charge on any atom is 0.229 e. The average Bonchev–Trinajstić information content (AvgIpc) is 2.98. The van der Waals surface area contributed by atoms with Crippen molar-refractivity contribution in [3.8, 4) is 11.5 Å². The number of nitrogens with two attached hydrogens (primary N) is 1. The minimum absolute atomic E-state index is 0.213. The van der Waals surface area contributed by atoms with E-state index >= 15 is 0 Å². The summed E-state index contributed by atoms with van der Waals surface area (Å²) < 4.78 is 1.99. The highest BCUT2D eigenvalue weighted by molar-refractivity contribution is 5.77. The lowest BCUT2D eigenvalue weighted by Gasteiger charge is -2.08. The smallest absolute Gasteiger partial charge is 0.229 e. The zero-order chi connectivity index (χ0) is 19.0. The van der Waals surface area contributed by atoms with Crippen molar-refractivity contribution in [2.75, 3.05) is 11.1 Å². The van der Waals surface area contributed by atoms with Crippen molar-refractivity contribution in [3.05, 3.63) is 47.8 Å². The lowest BCUT2D eigenvalue weighted by atomic mass is 10.1. The molecule has 1 aromatic carbocycles. The van der Waals surface area contributed by atoms with Gasteiger partial charge in [0.05, 0.1) is 6.20 Å². The summed E-state index contributed by atoms with van der Waals surface area (Å²) in [5.41, 5.74) is 11.1. The number of benzene rings is 1. The van der Waals surface area contributed by atoms with Crippen LogP contribution in [0.2, 0.25) is 0 Å². The molecule has 0 saturated heterocycles. The third-order valence-electron chi connectivity index (χ3n) is 4.19. The van der Waals surface area contributed by atoms with Crippen LogP contribution < -0.4 is 11.1 Å². The number of hydrogen-bond donors (Lipinski definition) is 2. The Morgan fingerprint density at radius 1 is 1.04 bits per heavy atom. The Balaban J connectivity index is 1.78. The van der Waals surface area contributed by atoms with Gasteiger partial charge in [-0.1, -0.05) is 6.07 Å². The molecule has 8 heteroatoms. The lowest BCUT2D eigenvalue weighted by molar-refractivity contribution is 0.783. The number of anilines is 3. The summed E-state index contributed by atoms with van der Waals surface area (Å²) in [7, 11) is 0. The van der Waals surface area contributed by atoms with Crippen LogP contribution in [0.3, 0.4) is 0 Å². The Bertz CT molecular complexity index is 1110. The summed E-state index contributed by atoms with van der Waals surface area (Å²) in [4.78, 5) is 21.9. The fourth-order valence-electron chi connectivity index (χ4n) is 3.15. The summed E-state index contributed by atoms with van der Waals surface area (Å²) in [6.45, 7) is 6.85. The van der Waals surface area contributed by atoms with Crippen molar-refractivity contribution in [3.63, 3.8) is 0 Å². The largest absolute Gasteiger partial charge is 0.368 e. The first-order valence-electron chi connectivity index (χ1n) is 8.71. The average molecular weight is 360 g/mol. The van der Waals surface area contributed by atoms with Gasteiger partial charge in [0.25, 0.3) is 0 Å². The fraction of sp³-hybridized carbons (Fsp3) is 0.211. The Hall–Kier alpha value is -3.55. The molecule has 0 radical (unpaired) electrons. The molecule has 0 fully saturated rings. The lowest BCUT2D eigenvalue weighted by Crippen LogP contribution is -2.03. The Labute approximate surface area is 156 Å². The molecule has 4 rings (SSSR count). The Morgan fingerprint density at radius 2 is 1.81 bits per heavy atom. The third kappa shape index (κ3) is 3.29. The fourth-order valence-corrected chi connectivity index (χ4v) is 3.15. The van der Waals surface area contributed by atoms with Gasteiger partial charge in [-0.2, -0.15) is 4.98 Å². The van der Waals surface area contributed by atoms with Gasteiger partial charge in [0.2, 0.25) is 11.9 Å². The quantitative estimate of drug-likeness (QED) is 0.575. The predicted octanol–water partition coefficient (Wildman–Crippen LogP) is 3.25. The van der Waals surface area contributed by atoms with Crippen LogP contribution in [-0.2, 0) is 6.54 Å². The molecule has 3 N–H and O–H groups in total. The minimum atomic E-state index is 0.213. The first-order chi connectivity index (χ1) is 13.0. The van der Waals surface area contributed by atoms with Gasteiger partial charge in [-0.25, -0.2) is 19.9 Å². The number of fused-ring (bicyclic) bond motifs is 1. The molecule has 0 atom stereocenters. The molecular formula is C19H20N8. The predicted molar refractivity (Wildman–Crippen MR) is 106 cm³/mol. The van der Waals surface area contributed by atoms with Crippen LogP contribution in [0.4, 0.5) is 17.6 Å². The van der Waals surface area contributed by atoms with E-state index in [2.05, 4.69) is 62.3 Å². The number of aryl methyl sites for hydroxylation is 3. The highest BCUT2D eigenvalue weighted by Gasteiger charge is 2.15. The molecule has 0 unspecified atom stereocenters. The standard InChI is InChI=1S/C19H20N8/c1-4-27-16(14-5-6-21-18(20)25-14)24-15-10-22-19(26-17(15)27)23-13-8-11(2)7-12(3)9-13/h5-10H,4H2,1-3H3,(H2,20,21,25)(H,22,23,26). The van der Waals surface area contributed by atoms with Gasteiger partial charge in [0.1, 0.15) is 11.2 Å². The number of hydrogen-bond acceptors (Lipinski definition) is 7. The molecular weight excluding hydrogens is 340 g/mol. The molecule has 0 saturated carbocycles. The van der Waals surface area contributed by atoms with E-state index in [1.54, 1.807) is 18.5 Å². The van der Waals surface area contributed by atoms with Gasteiger partial charge in [-0.05, 0) is 50.1 Å². The van der Waals surface area contributed by atoms with Crippen LogP contribution >= 0.6 is 0 Å². The second-order valence-corrected chi connectivity index (χ2v) is 6.38. The molecule has 3 heterocycles. The van der Waals surface area contributed by atoms with Crippen LogP contribution in [-0.4, -0.2) is 29.5 Å². The summed E-state index contributed by atoms with van der Waals surface area (Å²) in [6.07, 6.45) is 3.34. The molecule has 136 valence electrons. The van der Waals surface area contributed by atoms with Crippen LogP contribution in [0.25, 0.3) is 22.7 Å². The van der Waals surface area contributed by atoms with Crippen LogP contribution in [0.15, 0.2) is 36.7 Å². The number of nitrogen functional groups attached to an aromatic ring is 1. The SMILES string of the molecule is CCn1c(-c2ccnc(N)n2)nc2cnc(Nc3cc(C)cc(C)c3)nc21. The summed E-state index contributed by atoms with van der Waals surface area (Å²) in [6, 6.07) is 8.03. The first kappa shape index (κ1) is 16.9. The van der Waals surface area contributed by atoms with Gasteiger partial charge in [0.15, 0.2) is 11.5 Å². The Kier molecular flexibility index (Phi) is 4.15. The van der Waals surface area contributed by atoms with Crippen LogP contribution in [0.1, 0.15) is 18.1 Å². The third-order valence-corrected chi connectivity index (χ3v) is 4.19. The van der Waals surface area contributed by atoms with E-state index in [0.717, 1.165) is 11.3 Å². The molecule has 8 nitrogen and oxygen atoms in total. The number of imidazole rings is 1. The molecule has 0 bridgehead atoms. The molecule has 0 amide bonds. The highest BCUT2D eigenvalue weighted by Crippen LogP contribution is 2.24. The van der Waals surface area contributed by atoms with Gasteiger partial charge in [0, 0.05) is 18.4 Å². The number of rotatable bonds is 4. The minimum Gasteiger partial charge on any atom is -0.368 e. The van der Waals surface area contributed by atoms with Crippen molar-refractivity contribution >= 4 is 28.7 Å². The van der Waals surface area contributed by atoms with Crippen molar-refractivity contribution in [1.82, 2.24) is 29.5 Å². The topological polar surface area (TPSA) is 107 Å². The van der Waals surface area contributed by atoms with Crippen molar-refractivity contribution in [2.45, 2.75) is 27.3 Å². The van der Waals surface area contributed by atoms with E-state index in [1.165, 1.54) is 11.1 Å². The summed E-state index contributed by atoms with van der Waals surface area (Å²) in [5, 5.41) is 3.28. The highest BCUT2D eigenvalue weighted by atomic mass is 15.2. The van der Waals surface area contributed by atoms with Crippen molar-refractivity contribution in [1.29, 1.82) is 0 Å². The molecule has 0 aliphatic carbocycles. The molecule has 4 aromatic rings. The molecule has 3 aromatic heterocycles. The van der Waals surface area contributed by atoms with Crippen molar-refractivity contribution < 1.29 is 0 Å². The second-order valence-electron chi connectivity index (χ2n) is 6.38. The molecule has 0 aliphatic rings. The van der Waals surface area contributed by atoms with E-state index in [-0.39, 0.29) is 5.95 Å². The summed E-state index contributed by atoms with van der Waals surface area (Å²) >= 11 is 0. The van der Waals surface area contributed by atoms with Gasteiger partial charge >= 0.3 is 0 Å². The summed E-state index contributed by atoms with van der Waals surface area (Å²) in [5.74, 6) is 1.43. The van der Waals surface area contributed by atoms with Gasteiger partial charge in [-0.3, -0.25) is 0 Å². The zero-order valence-electron chi connectivity index (χ0n) is 15.4. The van der Waals surface area contributed by atoms with E-state index in [9.17, 15) is 0 Å². The van der Waals surface area contributed by atoms with E-state index in [1.807, 2.05) is 11.5 Å². The first-order valence-corrected chi connectivity index (χ1v) is 8.71. The molecule has 27 heavy (non-hydrogen) atoms. The number of nitrogens with one attached hydrogen (secondary N) is 1. The Morgan fingerprint density at radius 3 is 2.52 bits per heavy atom. The molecule has 0 aliphatic heterocycles. The number of aromatic nitrogens is 6. The normalized spacial score (nSPS) is 11.1. The van der Waals surface area contributed by atoms with Crippen LogP contribution in [0.5, 0.6) is 0 Å². The van der Waals surface area contributed by atoms with Gasteiger partial charge < -0.3 is 15.6 Å². The monoisotopic (exact) mass is 360 g/mol. The molecule has 0 spiro atoms. The number of nitrogens with zero attached hydrogens (tertiary/aromatic N) is 6. The van der Waals surface area contributed by atoms with E-state index in [0.29, 0.717) is 29.5 Å². The van der Waals surface area contributed by atoms with Crippen LogP contribution in [0, 0.1) is 13.8 Å².